The normalized spacial score (nSPS) is 11.6. The van der Waals surface area contributed by atoms with E-state index in [9.17, 15) is 8.42 Å². The maximum atomic E-state index is 11.7. The Balaban J connectivity index is 1.74. The van der Waals surface area contributed by atoms with E-state index in [4.69, 9.17) is 4.52 Å². The largest absolute Gasteiger partial charge is 0.360 e. The molecule has 4 aromatic rings. The molecule has 136 valence electrons. The molecular formula is C20H16N2O3S2. The molecule has 27 heavy (non-hydrogen) atoms. The summed E-state index contributed by atoms with van der Waals surface area (Å²) in [5, 5.41) is 6.20. The van der Waals surface area contributed by atoms with Crippen molar-refractivity contribution in [1.82, 2.24) is 10.1 Å². The Morgan fingerprint density at radius 3 is 2.15 bits per heavy atom. The molecule has 0 spiro atoms. The highest BCUT2D eigenvalue weighted by molar-refractivity contribution is 7.90. The predicted molar refractivity (Wildman–Crippen MR) is 106 cm³/mol. The van der Waals surface area contributed by atoms with Crippen LogP contribution in [0.15, 0.2) is 68.8 Å². The van der Waals surface area contributed by atoms with Crippen molar-refractivity contribution in [3.05, 3.63) is 65.2 Å². The van der Waals surface area contributed by atoms with Crippen molar-refractivity contribution in [3.63, 3.8) is 0 Å². The number of thiazole rings is 1. The molecule has 0 aliphatic rings. The van der Waals surface area contributed by atoms with Crippen molar-refractivity contribution in [3.8, 4) is 33.6 Å². The fraction of sp³-hybridized carbons (Fsp3) is 0.100. The van der Waals surface area contributed by atoms with Crippen LogP contribution >= 0.6 is 11.3 Å². The summed E-state index contributed by atoms with van der Waals surface area (Å²) < 4.78 is 28.8. The Morgan fingerprint density at radius 2 is 1.56 bits per heavy atom. The lowest BCUT2D eigenvalue weighted by atomic mass is 9.98. The van der Waals surface area contributed by atoms with E-state index >= 15 is 0 Å². The highest BCUT2D eigenvalue weighted by Gasteiger charge is 2.17. The molecule has 2 aromatic carbocycles. The standard InChI is InChI=1S/C20H16N2O3S2/c1-13-19(15-5-3-14(4-6-15)18-11-26-12-21-18)20(22-25-13)16-7-9-17(10-8-16)27(2,23)24/h3-12H,1-2H3. The van der Waals surface area contributed by atoms with Crippen LogP contribution in [0, 0.1) is 6.92 Å². The predicted octanol–water partition coefficient (Wildman–Crippen LogP) is 4.84. The molecule has 7 heteroatoms. The third-order valence-corrected chi connectivity index (χ3v) is 6.04. The number of aromatic nitrogens is 2. The number of aryl methyl sites for hydroxylation is 1. The zero-order valence-electron chi connectivity index (χ0n) is 14.7. The first kappa shape index (κ1) is 17.6. The molecule has 0 saturated heterocycles. The summed E-state index contributed by atoms with van der Waals surface area (Å²) >= 11 is 1.56. The molecular weight excluding hydrogens is 380 g/mol. The van der Waals surface area contributed by atoms with Crippen molar-refractivity contribution < 1.29 is 12.9 Å². The third kappa shape index (κ3) is 3.43. The summed E-state index contributed by atoms with van der Waals surface area (Å²) in [6.07, 6.45) is 1.19. The van der Waals surface area contributed by atoms with Crippen LogP contribution in [0.25, 0.3) is 33.6 Å². The van der Waals surface area contributed by atoms with E-state index in [1.165, 1.54) is 6.26 Å². The number of nitrogens with zero attached hydrogens (tertiary/aromatic N) is 2. The van der Waals surface area contributed by atoms with E-state index < -0.39 is 9.84 Å². The minimum Gasteiger partial charge on any atom is -0.360 e. The second-order valence-electron chi connectivity index (χ2n) is 6.21. The van der Waals surface area contributed by atoms with Crippen molar-refractivity contribution in [1.29, 1.82) is 0 Å². The Bertz CT molecular complexity index is 1180. The first-order chi connectivity index (χ1) is 12.9. The van der Waals surface area contributed by atoms with Gasteiger partial charge in [-0.15, -0.1) is 11.3 Å². The Labute approximate surface area is 161 Å². The number of rotatable bonds is 4. The topological polar surface area (TPSA) is 73.1 Å². The van der Waals surface area contributed by atoms with Gasteiger partial charge in [-0.05, 0) is 24.6 Å². The molecule has 0 radical (unpaired) electrons. The molecule has 0 fully saturated rings. The van der Waals surface area contributed by atoms with Gasteiger partial charge in [0, 0.05) is 22.8 Å². The maximum absolute atomic E-state index is 11.7. The zero-order chi connectivity index (χ0) is 19.0. The van der Waals surface area contributed by atoms with Crippen LogP contribution in [-0.4, -0.2) is 24.8 Å². The second-order valence-corrected chi connectivity index (χ2v) is 8.94. The second kappa shape index (κ2) is 6.75. The van der Waals surface area contributed by atoms with Crippen LogP contribution in [-0.2, 0) is 9.84 Å². The molecule has 0 aliphatic carbocycles. The number of hydrogen-bond acceptors (Lipinski definition) is 6. The van der Waals surface area contributed by atoms with Crippen LogP contribution in [0.1, 0.15) is 5.76 Å². The Morgan fingerprint density at radius 1 is 0.926 bits per heavy atom. The van der Waals surface area contributed by atoms with Gasteiger partial charge in [-0.25, -0.2) is 13.4 Å². The van der Waals surface area contributed by atoms with Crippen LogP contribution in [0.5, 0.6) is 0 Å². The molecule has 0 N–H and O–H groups in total. The Hall–Kier alpha value is -2.77. The third-order valence-electron chi connectivity index (χ3n) is 4.32. The van der Waals surface area contributed by atoms with Crippen LogP contribution in [0.3, 0.4) is 0 Å². The summed E-state index contributed by atoms with van der Waals surface area (Å²) in [7, 11) is -3.23. The number of sulfone groups is 1. The summed E-state index contributed by atoms with van der Waals surface area (Å²) in [5.74, 6) is 0.707. The molecule has 0 atom stereocenters. The number of benzene rings is 2. The van der Waals surface area contributed by atoms with Gasteiger partial charge in [0.2, 0.25) is 0 Å². The molecule has 0 amide bonds. The van der Waals surface area contributed by atoms with Crippen molar-refractivity contribution in [2.75, 3.05) is 6.26 Å². The Kier molecular flexibility index (Phi) is 4.41. The summed E-state index contributed by atoms with van der Waals surface area (Å²) in [5.41, 5.74) is 7.18. The van der Waals surface area contributed by atoms with Gasteiger partial charge in [-0.1, -0.05) is 41.6 Å². The van der Waals surface area contributed by atoms with Crippen LogP contribution in [0.2, 0.25) is 0 Å². The van der Waals surface area contributed by atoms with Crippen LogP contribution in [0.4, 0.5) is 0 Å². The van der Waals surface area contributed by atoms with Gasteiger partial charge in [0.15, 0.2) is 9.84 Å². The minimum atomic E-state index is -3.23. The molecule has 4 rings (SSSR count). The van der Waals surface area contributed by atoms with Crippen LogP contribution < -0.4 is 0 Å². The van der Waals surface area contributed by atoms with E-state index in [0.717, 1.165) is 27.9 Å². The van der Waals surface area contributed by atoms with E-state index in [1.54, 1.807) is 35.6 Å². The zero-order valence-corrected chi connectivity index (χ0v) is 16.3. The molecule has 0 bridgehead atoms. The molecule has 2 heterocycles. The van der Waals surface area contributed by atoms with Gasteiger partial charge in [-0.2, -0.15) is 0 Å². The average molecular weight is 396 g/mol. The van der Waals surface area contributed by atoms with Gasteiger partial charge in [0.1, 0.15) is 11.5 Å². The van der Waals surface area contributed by atoms with Crippen molar-refractivity contribution in [2.24, 2.45) is 0 Å². The summed E-state index contributed by atoms with van der Waals surface area (Å²) in [6.45, 7) is 1.87. The van der Waals surface area contributed by atoms with Gasteiger partial charge < -0.3 is 4.52 Å². The molecule has 2 aromatic heterocycles. The van der Waals surface area contributed by atoms with Gasteiger partial charge >= 0.3 is 0 Å². The molecule has 5 nitrogen and oxygen atoms in total. The van der Waals surface area contributed by atoms with Gasteiger partial charge in [-0.3, -0.25) is 0 Å². The highest BCUT2D eigenvalue weighted by Crippen LogP contribution is 2.35. The lowest BCUT2D eigenvalue weighted by Crippen LogP contribution is -1.96. The van der Waals surface area contributed by atoms with E-state index in [1.807, 2.05) is 42.1 Å². The highest BCUT2D eigenvalue weighted by atomic mass is 32.2. The molecule has 0 saturated carbocycles. The minimum absolute atomic E-state index is 0.278. The van der Waals surface area contributed by atoms with Crippen molar-refractivity contribution >= 4 is 21.2 Å². The van der Waals surface area contributed by atoms with Crippen molar-refractivity contribution in [2.45, 2.75) is 11.8 Å². The smallest absolute Gasteiger partial charge is 0.175 e. The fourth-order valence-electron chi connectivity index (χ4n) is 2.93. The van der Waals surface area contributed by atoms with E-state index in [2.05, 4.69) is 10.1 Å². The van der Waals surface area contributed by atoms with E-state index in [0.29, 0.717) is 11.5 Å². The average Bonchev–Trinajstić information content (AvgIpc) is 3.31. The summed E-state index contributed by atoms with van der Waals surface area (Å²) in [6, 6.07) is 14.8. The quantitative estimate of drug-likeness (QED) is 0.493. The lowest BCUT2D eigenvalue weighted by molar-refractivity contribution is 0.400. The fourth-order valence-corrected chi connectivity index (χ4v) is 4.12. The first-order valence-electron chi connectivity index (χ1n) is 8.19. The van der Waals surface area contributed by atoms with Gasteiger partial charge in [0.05, 0.1) is 21.7 Å². The maximum Gasteiger partial charge on any atom is 0.175 e. The number of hydrogen-bond donors (Lipinski definition) is 0. The monoisotopic (exact) mass is 396 g/mol. The summed E-state index contributed by atoms with van der Waals surface area (Å²) in [4.78, 5) is 4.61. The SMILES string of the molecule is Cc1onc(-c2ccc(S(C)(=O)=O)cc2)c1-c1ccc(-c2cscn2)cc1. The molecule has 0 unspecified atom stereocenters. The van der Waals surface area contributed by atoms with Gasteiger partial charge in [0.25, 0.3) is 0 Å². The van der Waals surface area contributed by atoms with E-state index in [-0.39, 0.29) is 4.90 Å². The molecule has 0 aliphatic heterocycles. The first-order valence-corrected chi connectivity index (χ1v) is 11.0. The lowest BCUT2D eigenvalue weighted by Gasteiger charge is -2.05.